The molecule has 0 bridgehead atoms. The Bertz CT molecular complexity index is 385. The first-order chi connectivity index (χ1) is 7.63. The average Bonchev–Trinajstić information content (AvgIpc) is 2.24. The van der Waals surface area contributed by atoms with Gasteiger partial charge in [-0.2, -0.15) is 5.26 Å². The summed E-state index contributed by atoms with van der Waals surface area (Å²) in [4.78, 5) is 2.12. The number of ether oxygens (including phenoxy) is 1. The summed E-state index contributed by atoms with van der Waals surface area (Å²) in [6.07, 6.45) is 0.991. The van der Waals surface area contributed by atoms with Crippen molar-refractivity contribution in [3.05, 3.63) is 28.2 Å². The number of hydrogen-bond acceptors (Lipinski definition) is 3. The third-order valence-corrected chi connectivity index (χ3v) is 2.74. The van der Waals surface area contributed by atoms with Crippen LogP contribution in [0.3, 0.4) is 0 Å². The van der Waals surface area contributed by atoms with Crippen LogP contribution in [0.5, 0.6) is 5.75 Å². The lowest BCUT2D eigenvalue weighted by molar-refractivity contribution is 0.281. The van der Waals surface area contributed by atoms with Gasteiger partial charge in [0.05, 0.1) is 12.2 Å². The predicted molar refractivity (Wildman–Crippen MR) is 67.5 cm³/mol. The smallest absolute Gasteiger partial charge is 0.120 e. The van der Waals surface area contributed by atoms with E-state index in [2.05, 4.69) is 26.9 Å². The van der Waals surface area contributed by atoms with Gasteiger partial charge in [-0.3, -0.25) is 0 Å². The van der Waals surface area contributed by atoms with Gasteiger partial charge >= 0.3 is 0 Å². The van der Waals surface area contributed by atoms with Crippen molar-refractivity contribution >= 4 is 15.9 Å². The molecular weight excluding hydrogens is 268 g/mol. The van der Waals surface area contributed by atoms with Crippen molar-refractivity contribution < 1.29 is 4.74 Å². The third kappa shape index (κ3) is 4.21. The van der Waals surface area contributed by atoms with Crippen molar-refractivity contribution in [2.75, 3.05) is 27.2 Å². The lowest BCUT2D eigenvalue weighted by Gasteiger charge is -2.10. The zero-order chi connectivity index (χ0) is 12.0. The molecule has 1 rings (SSSR count). The molecule has 3 nitrogen and oxygen atoms in total. The van der Waals surface area contributed by atoms with E-state index in [9.17, 15) is 0 Å². The van der Waals surface area contributed by atoms with Crippen LogP contribution < -0.4 is 4.74 Å². The summed E-state index contributed by atoms with van der Waals surface area (Å²) >= 11 is 3.33. The van der Waals surface area contributed by atoms with Gasteiger partial charge in [0.2, 0.25) is 0 Å². The van der Waals surface area contributed by atoms with Gasteiger partial charge in [0, 0.05) is 11.0 Å². The maximum absolute atomic E-state index is 8.76. The normalized spacial score (nSPS) is 10.2. The maximum Gasteiger partial charge on any atom is 0.120 e. The second-order valence-electron chi connectivity index (χ2n) is 3.76. The molecule has 0 aliphatic heterocycles. The molecule has 0 aromatic heterocycles. The van der Waals surface area contributed by atoms with Crippen molar-refractivity contribution in [3.63, 3.8) is 0 Å². The quantitative estimate of drug-likeness (QED) is 0.779. The van der Waals surface area contributed by atoms with Crippen LogP contribution in [0.25, 0.3) is 0 Å². The number of hydrogen-bond donors (Lipinski definition) is 0. The number of nitriles is 1. The van der Waals surface area contributed by atoms with E-state index in [0.29, 0.717) is 12.2 Å². The summed E-state index contributed by atoms with van der Waals surface area (Å²) in [6, 6.07) is 7.50. The van der Waals surface area contributed by atoms with E-state index in [1.54, 1.807) is 6.07 Å². The Balaban J connectivity index is 2.44. The van der Waals surface area contributed by atoms with Crippen LogP contribution in [0, 0.1) is 11.3 Å². The van der Waals surface area contributed by atoms with E-state index in [0.717, 1.165) is 23.2 Å². The maximum atomic E-state index is 8.76. The fourth-order valence-corrected chi connectivity index (χ4v) is 1.69. The van der Waals surface area contributed by atoms with E-state index >= 15 is 0 Å². The van der Waals surface area contributed by atoms with Crippen LogP contribution in [0.4, 0.5) is 0 Å². The van der Waals surface area contributed by atoms with Gasteiger partial charge in [-0.1, -0.05) is 0 Å². The Morgan fingerprint density at radius 1 is 1.44 bits per heavy atom. The molecule has 0 aliphatic carbocycles. The van der Waals surface area contributed by atoms with Crippen LogP contribution in [-0.2, 0) is 0 Å². The van der Waals surface area contributed by atoms with Crippen LogP contribution in [0.15, 0.2) is 22.7 Å². The first kappa shape index (κ1) is 13.0. The molecule has 0 N–H and O–H groups in total. The molecule has 0 spiro atoms. The third-order valence-electron chi connectivity index (χ3n) is 2.08. The summed E-state index contributed by atoms with van der Waals surface area (Å²) in [5, 5.41) is 8.76. The molecule has 0 unspecified atom stereocenters. The number of rotatable bonds is 5. The van der Waals surface area contributed by atoms with Gasteiger partial charge in [0.15, 0.2) is 0 Å². The Morgan fingerprint density at radius 3 is 2.75 bits per heavy atom. The largest absolute Gasteiger partial charge is 0.494 e. The highest BCUT2D eigenvalue weighted by atomic mass is 79.9. The van der Waals surface area contributed by atoms with Crippen LogP contribution >= 0.6 is 15.9 Å². The van der Waals surface area contributed by atoms with Crippen molar-refractivity contribution in [2.45, 2.75) is 6.42 Å². The fraction of sp³-hybridized carbons (Fsp3) is 0.417. The van der Waals surface area contributed by atoms with Crippen molar-refractivity contribution in [1.82, 2.24) is 4.90 Å². The van der Waals surface area contributed by atoms with Gasteiger partial charge in [0.1, 0.15) is 11.8 Å². The minimum Gasteiger partial charge on any atom is -0.494 e. The van der Waals surface area contributed by atoms with Crippen molar-refractivity contribution in [3.8, 4) is 11.8 Å². The highest BCUT2D eigenvalue weighted by Gasteiger charge is 2.01. The predicted octanol–water partition coefficient (Wildman–Crippen LogP) is 2.65. The highest BCUT2D eigenvalue weighted by Crippen LogP contribution is 2.22. The van der Waals surface area contributed by atoms with E-state index in [1.807, 2.05) is 26.2 Å². The first-order valence-electron chi connectivity index (χ1n) is 5.10. The highest BCUT2D eigenvalue weighted by molar-refractivity contribution is 9.10. The molecule has 0 fully saturated rings. The topological polar surface area (TPSA) is 36.3 Å². The molecule has 0 saturated carbocycles. The standard InChI is InChI=1S/C12H15BrN2O/c1-15(2)6-3-7-16-11-5-4-10(9-14)12(13)8-11/h4-5,8H,3,6-7H2,1-2H3. The van der Waals surface area contributed by atoms with E-state index in [-0.39, 0.29) is 0 Å². The minimum absolute atomic E-state index is 0.626. The zero-order valence-corrected chi connectivity index (χ0v) is 11.1. The molecule has 1 aromatic rings. The molecular formula is C12H15BrN2O. The van der Waals surface area contributed by atoms with Gasteiger partial charge in [-0.15, -0.1) is 0 Å². The zero-order valence-electron chi connectivity index (χ0n) is 9.53. The Labute approximate surface area is 105 Å². The lowest BCUT2D eigenvalue weighted by atomic mass is 10.2. The molecule has 16 heavy (non-hydrogen) atoms. The fourth-order valence-electron chi connectivity index (χ4n) is 1.25. The van der Waals surface area contributed by atoms with E-state index in [1.165, 1.54) is 0 Å². The Morgan fingerprint density at radius 2 is 2.19 bits per heavy atom. The van der Waals surface area contributed by atoms with Gasteiger partial charge < -0.3 is 9.64 Å². The number of halogens is 1. The lowest BCUT2D eigenvalue weighted by Crippen LogP contribution is -2.15. The second-order valence-corrected chi connectivity index (χ2v) is 4.61. The van der Waals surface area contributed by atoms with E-state index < -0.39 is 0 Å². The molecule has 0 amide bonds. The molecule has 1 aromatic carbocycles. The average molecular weight is 283 g/mol. The molecule has 0 atom stereocenters. The Kier molecular flexibility index (Phi) is 5.30. The Hall–Kier alpha value is -1.05. The number of benzene rings is 1. The number of nitrogens with zero attached hydrogens (tertiary/aromatic N) is 2. The van der Waals surface area contributed by atoms with Crippen molar-refractivity contribution in [1.29, 1.82) is 5.26 Å². The summed E-state index contributed by atoms with van der Waals surface area (Å²) in [5.74, 6) is 0.796. The van der Waals surface area contributed by atoms with Gasteiger partial charge in [0.25, 0.3) is 0 Å². The molecule has 86 valence electrons. The van der Waals surface area contributed by atoms with Crippen LogP contribution in [-0.4, -0.2) is 32.1 Å². The molecule has 0 aliphatic rings. The monoisotopic (exact) mass is 282 g/mol. The summed E-state index contributed by atoms with van der Waals surface area (Å²) < 4.78 is 6.35. The first-order valence-corrected chi connectivity index (χ1v) is 5.90. The van der Waals surface area contributed by atoms with E-state index in [4.69, 9.17) is 10.00 Å². The summed E-state index contributed by atoms with van der Waals surface area (Å²) in [5.41, 5.74) is 0.626. The van der Waals surface area contributed by atoms with Crippen molar-refractivity contribution in [2.24, 2.45) is 0 Å². The molecule has 0 heterocycles. The molecule has 4 heteroatoms. The van der Waals surface area contributed by atoms with Gasteiger partial charge in [-0.25, -0.2) is 0 Å². The van der Waals surface area contributed by atoms with Crippen LogP contribution in [0.2, 0.25) is 0 Å². The second kappa shape index (κ2) is 6.51. The molecule has 0 radical (unpaired) electrons. The SMILES string of the molecule is CN(C)CCCOc1ccc(C#N)c(Br)c1. The summed E-state index contributed by atoms with van der Waals surface area (Å²) in [7, 11) is 4.08. The van der Waals surface area contributed by atoms with Gasteiger partial charge in [-0.05, 0) is 54.6 Å². The minimum atomic E-state index is 0.626. The molecule has 0 saturated heterocycles. The summed E-state index contributed by atoms with van der Waals surface area (Å²) in [6.45, 7) is 1.70. The van der Waals surface area contributed by atoms with Crippen LogP contribution in [0.1, 0.15) is 12.0 Å².